The van der Waals surface area contributed by atoms with E-state index in [9.17, 15) is 4.79 Å². The van der Waals surface area contributed by atoms with Crippen molar-refractivity contribution in [2.24, 2.45) is 5.92 Å². The van der Waals surface area contributed by atoms with Crippen LogP contribution in [0.15, 0.2) is 54.6 Å². The maximum atomic E-state index is 12.5. The van der Waals surface area contributed by atoms with Crippen LogP contribution in [-0.2, 0) is 22.5 Å². The van der Waals surface area contributed by atoms with Crippen LogP contribution in [0.4, 0.5) is 0 Å². The van der Waals surface area contributed by atoms with Crippen molar-refractivity contribution in [3.8, 4) is 5.75 Å². The molecule has 0 saturated carbocycles. The van der Waals surface area contributed by atoms with Crippen LogP contribution in [-0.4, -0.2) is 44.3 Å². The highest BCUT2D eigenvalue weighted by Crippen LogP contribution is 2.21. The van der Waals surface area contributed by atoms with E-state index in [1.54, 1.807) is 0 Å². The highest BCUT2D eigenvalue weighted by Gasteiger charge is 2.25. The second kappa shape index (κ2) is 15.5. The third-order valence-corrected chi connectivity index (χ3v) is 6.23. The molecular formula is C30H46NO3+. The summed E-state index contributed by atoms with van der Waals surface area (Å²) in [5.41, 5.74) is 2.52. The first kappa shape index (κ1) is 27.9. The molecule has 4 heteroatoms. The van der Waals surface area contributed by atoms with Gasteiger partial charge in [-0.05, 0) is 31.4 Å². The lowest BCUT2D eigenvalue weighted by molar-refractivity contribution is -0.905. The molecule has 0 N–H and O–H groups in total. The first-order valence-electron chi connectivity index (χ1n) is 13.1. The molecule has 2 rings (SSSR count). The zero-order chi connectivity index (χ0) is 24.7. The minimum atomic E-state index is -0.164. The van der Waals surface area contributed by atoms with Crippen molar-refractivity contribution in [1.29, 1.82) is 0 Å². The van der Waals surface area contributed by atoms with Gasteiger partial charge in [0.1, 0.15) is 31.4 Å². The topological polar surface area (TPSA) is 35.5 Å². The largest absolute Gasteiger partial charge is 0.490 e. The average Bonchev–Trinajstić information content (AvgIpc) is 2.82. The second-order valence-electron chi connectivity index (χ2n) is 10.2. The van der Waals surface area contributed by atoms with Gasteiger partial charge in [0.25, 0.3) is 0 Å². The summed E-state index contributed by atoms with van der Waals surface area (Å²) in [5.74, 6) is 0.598. The van der Waals surface area contributed by atoms with Crippen molar-refractivity contribution in [2.45, 2.75) is 71.8 Å². The molecule has 0 saturated heterocycles. The summed E-state index contributed by atoms with van der Waals surface area (Å²) in [6.45, 7) is 6.49. The Hall–Kier alpha value is -2.33. The summed E-state index contributed by atoms with van der Waals surface area (Å²) in [4.78, 5) is 12.5. The van der Waals surface area contributed by atoms with Gasteiger partial charge in [0.05, 0.1) is 20.6 Å². The predicted molar refractivity (Wildman–Crippen MR) is 141 cm³/mol. The van der Waals surface area contributed by atoms with Crippen LogP contribution < -0.4 is 4.74 Å². The van der Waals surface area contributed by atoms with Crippen LogP contribution in [0.5, 0.6) is 5.75 Å². The third kappa shape index (κ3) is 11.2. The second-order valence-corrected chi connectivity index (χ2v) is 10.2. The van der Waals surface area contributed by atoms with Gasteiger partial charge in [-0.2, -0.15) is 0 Å². The number of hydrogen-bond acceptors (Lipinski definition) is 3. The van der Waals surface area contributed by atoms with E-state index in [0.29, 0.717) is 6.61 Å². The van der Waals surface area contributed by atoms with Crippen LogP contribution in [0.3, 0.4) is 0 Å². The number of para-hydroxylation sites is 1. The molecule has 0 bridgehead atoms. The fraction of sp³-hybridized carbons (Fsp3) is 0.567. The van der Waals surface area contributed by atoms with E-state index in [4.69, 9.17) is 9.47 Å². The molecule has 34 heavy (non-hydrogen) atoms. The molecule has 1 unspecified atom stereocenters. The molecule has 4 nitrogen and oxygen atoms in total. The molecule has 188 valence electrons. The molecule has 1 atom stereocenters. The molecule has 0 aliphatic heterocycles. The van der Waals surface area contributed by atoms with E-state index in [-0.39, 0.29) is 18.5 Å². The van der Waals surface area contributed by atoms with Gasteiger partial charge in [0, 0.05) is 5.56 Å². The molecule has 2 aromatic rings. The normalized spacial score (nSPS) is 12.4. The van der Waals surface area contributed by atoms with E-state index in [1.807, 2.05) is 25.1 Å². The molecule has 0 amide bonds. The Kier molecular flexibility index (Phi) is 12.8. The Bertz CT molecular complexity index is 819. The number of hydrogen-bond donors (Lipinski definition) is 0. The summed E-state index contributed by atoms with van der Waals surface area (Å²) in [6, 6.07) is 18.6. The lowest BCUT2D eigenvalue weighted by atomic mass is 10.0. The van der Waals surface area contributed by atoms with Gasteiger partial charge >= 0.3 is 5.97 Å². The molecule has 0 aliphatic carbocycles. The van der Waals surface area contributed by atoms with Crippen LogP contribution in [0, 0.1) is 5.92 Å². The number of rotatable bonds is 17. The molecule has 0 aliphatic rings. The highest BCUT2D eigenvalue weighted by atomic mass is 16.6. The number of benzene rings is 2. The summed E-state index contributed by atoms with van der Waals surface area (Å²) in [7, 11) is 4.31. The number of aryl methyl sites for hydroxylation is 1. The Morgan fingerprint density at radius 1 is 0.853 bits per heavy atom. The lowest BCUT2D eigenvalue weighted by Gasteiger charge is -2.31. The van der Waals surface area contributed by atoms with Gasteiger partial charge in [-0.3, -0.25) is 4.79 Å². The number of ether oxygens (including phenoxy) is 2. The van der Waals surface area contributed by atoms with Crippen LogP contribution in [0.1, 0.15) is 69.9 Å². The van der Waals surface area contributed by atoms with Crippen molar-refractivity contribution in [2.75, 3.05) is 33.9 Å². The van der Waals surface area contributed by atoms with E-state index < -0.39 is 0 Å². The molecular weight excluding hydrogens is 422 g/mol. The van der Waals surface area contributed by atoms with Gasteiger partial charge < -0.3 is 14.0 Å². The van der Waals surface area contributed by atoms with E-state index >= 15 is 0 Å². The summed E-state index contributed by atoms with van der Waals surface area (Å²) < 4.78 is 12.2. The first-order chi connectivity index (χ1) is 16.4. The number of unbranched alkanes of at least 4 members (excludes halogenated alkanes) is 6. The van der Waals surface area contributed by atoms with Crippen LogP contribution in [0.25, 0.3) is 0 Å². The number of carbonyl (C=O) groups excluding carboxylic acids is 1. The fourth-order valence-electron chi connectivity index (χ4n) is 4.52. The quantitative estimate of drug-likeness (QED) is 0.145. The van der Waals surface area contributed by atoms with Crippen molar-refractivity contribution in [3.05, 3.63) is 65.7 Å². The minimum Gasteiger partial charge on any atom is -0.490 e. The smallest absolute Gasteiger partial charge is 0.314 e. The summed E-state index contributed by atoms with van der Waals surface area (Å²) in [5, 5.41) is 0. The molecule has 0 spiro atoms. The molecule has 0 aromatic heterocycles. The molecule has 0 radical (unpaired) electrons. The van der Waals surface area contributed by atoms with Gasteiger partial charge in [-0.15, -0.1) is 0 Å². The fourth-order valence-corrected chi connectivity index (χ4v) is 4.52. The average molecular weight is 469 g/mol. The van der Waals surface area contributed by atoms with Gasteiger partial charge in [0.15, 0.2) is 0 Å². The van der Waals surface area contributed by atoms with Crippen LogP contribution in [0.2, 0.25) is 0 Å². The Balaban J connectivity index is 1.68. The highest BCUT2D eigenvalue weighted by molar-refractivity contribution is 5.72. The Labute approximate surface area is 207 Å². The van der Waals surface area contributed by atoms with Crippen molar-refractivity contribution >= 4 is 5.97 Å². The number of carbonyl (C=O) groups is 1. The lowest BCUT2D eigenvalue weighted by Crippen LogP contribution is -2.44. The van der Waals surface area contributed by atoms with E-state index in [0.717, 1.165) is 29.7 Å². The van der Waals surface area contributed by atoms with Gasteiger partial charge in [-0.1, -0.05) is 94.0 Å². The summed E-state index contributed by atoms with van der Waals surface area (Å²) >= 11 is 0. The van der Waals surface area contributed by atoms with E-state index in [1.165, 1.54) is 56.1 Å². The maximum absolute atomic E-state index is 12.5. The first-order valence-corrected chi connectivity index (χ1v) is 13.1. The SMILES string of the molecule is CCCCCCCCCc1ccccc1OCCOC(=O)C(C)C[N+](C)(C)Cc1ccccc1. The van der Waals surface area contributed by atoms with Crippen molar-refractivity contribution < 1.29 is 18.8 Å². The monoisotopic (exact) mass is 468 g/mol. The van der Waals surface area contributed by atoms with Crippen LogP contribution >= 0.6 is 0 Å². The number of nitrogens with zero attached hydrogens (tertiary/aromatic N) is 1. The number of esters is 1. The zero-order valence-electron chi connectivity index (χ0n) is 21.9. The van der Waals surface area contributed by atoms with Gasteiger partial charge in [0.2, 0.25) is 0 Å². The zero-order valence-corrected chi connectivity index (χ0v) is 21.9. The van der Waals surface area contributed by atoms with E-state index in [2.05, 4.69) is 57.4 Å². The molecule has 2 aromatic carbocycles. The summed E-state index contributed by atoms with van der Waals surface area (Å²) in [6.07, 6.45) is 10.2. The van der Waals surface area contributed by atoms with Crippen molar-refractivity contribution in [3.63, 3.8) is 0 Å². The number of quaternary nitrogens is 1. The molecule has 0 heterocycles. The minimum absolute atomic E-state index is 0.154. The standard InChI is InChI=1S/C30H46NO3/c1-5-6-7-8-9-10-14-19-28-20-15-16-21-29(28)33-22-23-34-30(32)26(2)24-31(3,4)25-27-17-12-11-13-18-27/h11-13,15-18,20-21,26H,5-10,14,19,22-25H2,1-4H3/q+1. The Morgan fingerprint density at radius 3 is 2.24 bits per heavy atom. The Morgan fingerprint density at radius 2 is 1.50 bits per heavy atom. The third-order valence-electron chi connectivity index (χ3n) is 6.23. The van der Waals surface area contributed by atoms with Gasteiger partial charge in [-0.25, -0.2) is 0 Å². The predicted octanol–water partition coefficient (Wildman–Crippen LogP) is 6.81. The maximum Gasteiger partial charge on any atom is 0.314 e. The van der Waals surface area contributed by atoms with Crippen molar-refractivity contribution in [1.82, 2.24) is 0 Å². The molecule has 0 fully saturated rings.